The lowest BCUT2D eigenvalue weighted by Gasteiger charge is -2.31. The van der Waals surface area contributed by atoms with Gasteiger partial charge < -0.3 is 20.1 Å². The van der Waals surface area contributed by atoms with Gasteiger partial charge in [0.1, 0.15) is 5.76 Å². The third kappa shape index (κ3) is 5.34. The summed E-state index contributed by atoms with van der Waals surface area (Å²) in [5.74, 6) is 1.80. The predicted octanol–water partition coefficient (Wildman–Crippen LogP) is 2.27. The fourth-order valence-corrected chi connectivity index (χ4v) is 3.63. The molecule has 1 fully saturated rings. The Balaban J connectivity index is 0.00000338. The Kier molecular flexibility index (Phi) is 8.85. The van der Waals surface area contributed by atoms with Crippen LogP contribution in [-0.4, -0.2) is 56.2 Å². The fourth-order valence-electron chi connectivity index (χ4n) is 3.63. The Labute approximate surface area is 173 Å². The number of aliphatic imine (C=N–C) groups is 1. The number of carbonyl (C=O) groups is 1. The van der Waals surface area contributed by atoms with Gasteiger partial charge in [0.05, 0.1) is 11.1 Å². The zero-order valence-electron chi connectivity index (χ0n) is 16.5. The maximum Gasteiger partial charge on any atom is 0.230 e. The van der Waals surface area contributed by atoms with E-state index >= 15 is 0 Å². The number of hydrogen-bond donors (Lipinski definition) is 2. The Bertz CT molecular complexity index is 602. The first-order valence-electron chi connectivity index (χ1n) is 8.97. The SMILES string of the molecule is CN=C(NCCc1c(C)noc1C)NCC1(C(=O)N(C)C)CCCC1.I. The molecule has 1 aliphatic rings. The zero-order chi connectivity index (χ0) is 18.4. The van der Waals surface area contributed by atoms with Crippen LogP contribution >= 0.6 is 24.0 Å². The van der Waals surface area contributed by atoms with Crippen LogP contribution in [0.25, 0.3) is 0 Å². The minimum absolute atomic E-state index is 0. The molecule has 1 aromatic heterocycles. The molecule has 0 radical (unpaired) electrons. The number of halogens is 1. The van der Waals surface area contributed by atoms with E-state index in [1.54, 1.807) is 11.9 Å². The van der Waals surface area contributed by atoms with Crippen molar-refractivity contribution in [2.45, 2.75) is 46.0 Å². The molecule has 0 bridgehead atoms. The highest BCUT2D eigenvalue weighted by molar-refractivity contribution is 14.0. The van der Waals surface area contributed by atoms with Crippen LogP contribution in [0.3, 0.4) is 0 Å². The van der Waals surface area contributed by atoms with Crippen LogP contribution in [0, 0.1) is 19.3 Å². The van der Waals surface area contributed by atoms with Crippen molar-refractivity contribution in [1.29, 1.82) is 0 Å². The van der Waals surface area contributed by atoms with Gasteiger partial charge in [-0.1, -0.05) is 18.0 Å². The van der Waals surface area contributed by atoms with Gasteiger partial charge in [0.15, 0.2) is 5.96 Å². The van der Waals surface area contributed by atoms with Gasteiger partial charge in [-0.2, -0.15) is 0 Å². The van der Waals surface area contributed by atoms with Crippen molar-refractivity contribution < 1.29 is 9.32 Å². The highest BCUT2D eigenvalue weighted by Gasteiger charge is 2.42. The van der Waals surface area contributed by atoms with E-state index in [1.165, 1.54) is 0 Å². The van der Waals surface area contributed by atoms with Crippen LogP contribution in [0.2, 0.25) is 0 Å². The lowest BCUT2D eigenvalue weighted by Crippen LogP contribution is -2.49. The summed E-state index contributed by atoms with van der Waals surface area (Å²) in [6, 6.07) is 0. The number of aromatic nitrogens is 1. The summed E-state index contributed by atoms with van der Waals surface area (Å²) in [6.07, 6.45) is 4.92. The number of nitrogens with zero attached hydrogens (tertiary/aromatic N) is 3. The lowest BCUT2D eigenvalue weighted by molar-refractivity contribution is -0.138. The van der Waals surface area contributed by atoms with Gasteiger partial charge in [0.25, 0.3) is 0 Å². The second-order valence-electron chi connectivity index (χ2n) is 7.09. The molecule has 0 spiro atoms. The van der Waals surface area contributed by atoms with Crippen LogP contribution in [0.15, 0.2) is 9.52 Å². The van der Waals surface area contributed by atoms with E-state index in [9.17, 15) is 4.79 Å². The molecular formula is C18H32IN5O2. The van der Waals surface area contributed by atoms with E-state index in [0.29, 0.717) is 6.54 Å². The number of rotatable bonds is 6. The molecule has 1 saturated carbocycles. The largest absolute Gasteiger partial charge is 0.361 e. The van der Waals surface area contributed by atoms with Crippen molar-refractivity contribution in [3.63, 3.8) is 0 Å². The smallest absolute Gasteiger partial charge is 0.230 e. The van der Waals surface area contributed by atoms with Crippen LogP contribution in [0.4, 0.5) is 0 Å². The molecule has 8 heteroatoms. The van der Waals surface area contributed by atoms with Gasteiger partial charge in [-0.3, -0.25) is 9.79 Å². The van der Waals surface area contributed by atoms with Crippen LogP contribution in [-0.2, 0) is 11.2 Å². The van der Waals surface area contributed by atoms with E-state index in [2.05, 4.69) is 20.8 Å². The van der Waals surface area contributed by atoms with Crippen molar-refractivity contribution in [2.24, 2.45) is 10.4 Å². The van der Waals surface area contributed by atoms with Crippen molar-refractivity contribution in [2.75, 3.05) is 34.2 Å². The monoisotopic (exact) mass is 477 g/mol. The number of guanidine groups is 1. The topological polar surface area (TPSA) is 82.8 Å². The van der Waals surface area contributed by atoms with Gasteiger partial charge in [-0.25, -0.2) is 0 Å². The minimum Gasteiger partial charge on any atom is -0.361 e. The third-order valence-electron chi connectivity index (χ3n) is 5.09. The Morgan fingerprint density at radius 1 is 1.27 bits per heavy atom. The van der Waals surface area contributed by atoms with Gasteiger partial charge in [-0.15, -0.1) is 24.0 Å². The molecule has 1 amide bonds. The molecule has 0 saturated heterocycles. The summed E-state index contributed by atoms with van der Waals surface area (Å²) >= 11 is 0. The fraction of sp³-hybridized carbons (Fsp3) is 0.722. The molecule has 0 aromatic carbocycles. The summed E-state index contributed by atoms with van der Waals surface area (Å²) in [5.41, 5.74) is 1.77. The lowest BCUT2D eigenvalue weighted by atomic mass is 9.84. The average Bonchev–Trinajstić information content (AvgIpc) is 3.19. The number of nitrogens with one attached hydrogen (secondary N) is 2. The molecule has 148 valence electrons. The first-order chi connectivity index (χ1) is 11.9. The van der Waals surface area contributed by atoms with Crippen molar-refractivity contribution in [1.82, 2.24) is 20.7 Å². The molecule has 7 nitrogen and oxygen atoms in total. The summed E-state index contributed by atoms with van der Waals surface area (Å²) in [7, 11) is 5.42. The molecule has 1 heterocycles. The maximum atomic E-state index is 12.6. The Hall–Kier alpha value is -1.32. The second-order valence-corrected chi connectivity index (χ2v) is 7.09. The number of aryl methyl sites for hydroxylation is 2. The maximum absolute atomic E-state index is 12.6. The van der Waals surface area contributed by atoms with Gasteiger partial charge in [0.2, 0.25) is 5.91 Å². The standard InChI is InChI=1S/C18H31N5O2.HI/c1-13-15(14(2)25-22-13)8-11-20-17(19-3)21-12-18(9-6-7-10-18)16(24)23(4)5;/h6-12H2,1-5H3,(H2,19,20,21);1H. The number of hydrogen-bond acceptors (Lipinski definition) is 4. The molecule has 2 N–H and O–H groups in total. The Morgan fingerprint density at radius 2 is 1.92 bits per heavy atom. The van der Waals surface area contributed by atoms with Crippen LogP contribution in [0.1, 0.15) is 42.7 Å². The van der Waals surface area contributed by atoms with Gasteiger partial charge >= 0.3 is 0 Å². The van der Waals surface area contributed by atoms with Crippen molar-refractivity contribution in [3.8, 4) is 0 Å². The third-order valence-corrected chi connectivity index (χ3v) is 5.09. The molecule has 0 aliphatic heterocycles. The first kappa shape index (κ1) is 22.7. The zero-order valence-corrected chi connectivity index (χ0v) is 18.8. The summed E-state index contributed by atoms with van der Waals surface area (Å²) in [6.45, 7) is 5.24. The minimum atomic E-state index is -0.303. The molecule has 0 unspecified atom stereocenters. The van der Waals surface area contributed by atoms with E-state index in [0.717, 1.165) is 61.6 Å². The number of amides is 1. The molecule has 26 heavy (non-hydrogen) atoms. The van der Waals surface area contributed by atoms with Crippen LogP contribution in [0.5, 0.6) is 0 Å². The molecule has 1 aromatic rings. The first-order valence-corrected chi connectivity index (χ1v) is 8.97. The summed E-state index contributed by atoms with van der Waals surface area (Å²) in [4.78, 5) is 18.6. The van der Waals surface area contributed by atoms with E-state index in [-0.39, 0.29) is 35.3 Å². The summed E-state index contributed by atoms with van der Waals surface area (Å²) in [5, 5.41) is 10.6. The molecule has 2 rings (SSSR count). The highest BCUT2D eigenvalue weighted by Crippen LogP contribution is 2.38. The highest BCUT2D eigenvalue weighted by atomic mass is 127. The average molecular weight is 477 g/mol. The van der Waals surface area contributed by atoms with Crippen molar-refractivity contribution in [3.05, 3.63) is 17.0 Å². The second kappa shape index (κ2) is 10.1. The van der Waals surface area contributed by atoms with Crippen LogP contribution < -0.4 is 10.6 Å². The molecule has 1 aliphatic carbocycles. The normalized spacial score (nSPS) is 16.1. The van der Waals surface area contributed by atoms with E-state index in [1.807, 2.05) is 27.9 Å². The molecular weight excluding hydrogens is 445 g/mol. The van der Waals surface area contributed by atoms with E-state index < -0.39 is 0 Å². The number of carbonyl (C=O) groups excluding carboxylic acids is 1. The van der Waals surface area contributed by atoms with Gasteiger partial charge in [0, 0.05) is 39.8 Å². The Morgan fingerprint density at radius 3 is 2.42 bits per heavy atom. The molecule has 0 atom stereocenters. The van der Waals surface area contributed by atoms with Gasteiger partial charge in [-0.05, 0) is 33.1 Å². The summed E-state index contributed by atoms with van der Waals surface area (Å²) < 4.78 is 5.19. The van der Waals surface area contributed by atoms with E-state index in [4.69, 9.17) is 4.52 Å². The quantitative estimate of drug-likeness (QED) is 0.373. The van der Waals surface area contributed by atoms with Crippen molar-refractivity contribution >= 4 is 35.8 Å². The predicted molar refractivity (Wildman–Crippen MR) is 114 cm³/mol.